The fourth-order valence-corrected chi connectivity index (χ4v) is 4.80. The molecule has 2 aromatic heterocycles. The van der Waals surface area contributed by atoms with Crippen LogP contribution in [0, 0.1) is 0 Å². The van der Waals surface area contributed by atoms with Gasteiger partial charge in [-0.05, 0) is 42.3 Å². The highest BCUT2D eigenvalue weighted by Crippen LogP contribution is 2.20. The van der Waals surface area contributed by atoms with Crippen molar-refractivity contribution in [1.82, 2.24) is 24.2 Å². The van der Waals surface area contributed by atoms with Crippen molar-refractivity contribution in [2.75, 3.05) is 32.7 Å². The summed E-state index contributed by atoms with van der Waals surface area (Å²) in [6.07, 6.45) is 4.50. The number of hydrogen-bond acceptors (Lipinski definition) is 5. The second-order valence-corrected chi connectivity index (χ2v) is 8.58. The first-order valence-electron chi connectivity index (χ1n) is 8.86. The van der Waals surface area contributed by atoms with Gasteiger partial charge in [0.15, 0.2) is 0 Å². The van der Waals surface area contributed by atoms with Crippen LogP contribution in [0.5, 0.6) is 0 Å². The Balaban J connectivity index is 1.40. The summed E-state index contributed by atoms with van der Waals surface area (Å²) >= 11 is 0. The van der Waals surface area contributed by atoms with Crippen molar-refractivity contribution in [3.05, 3.63) is 58.8 Å². The molecule has 3 heterocycles. The number of piperazine rings is 1. The molecule has 8 nitrogen and oxygen atoms in total. The van der Waals surface area contributed by atoms with Gasteiger partial charge in [-0.15, -0.1) is 0 Å². The largest absolute Gasteiger partial charge is 0.323 e. The van der Waals surface area contributed by atoms with Crippen molar-refractivity contribution >= 4 is 21.1 Å². The van der Waals surface area contributed by atoms with E-state index >= 15 is 0 Å². The van der Waals surface area contributed by atoms with Crippen LogP contribution in [0.3, 0.4) is 0 Å². The van der Waals surface area contributed by atoms with Crippen LogP contribution in [-0.2, 0) is 16.4 Å². The maximum atomic E-state index is 12.9. The Hall–Kier alpha value is -2.49. The van der Waals surface area contributed by atoms with Gasteiger partial charge in [-0.2, -0.15) is 4.31 Å². The summed E-state index contributed by atoms with van der Waals surface area (Å²) in [6, 6.07) is 8.67. The molecule has 4 rings (SSSR count). The summed E-state index contributed by atoms with van der Waals surface area (Å²) in [6.45, 7) is 3.22. The molecule has 142 valence electrons. The number of hydrogen-bond donors (Lipinski definition) is 2. The molecule has 3 aromatic rings. The zero-order chi connectivity index (χ0) is 18.9. The van der Waals surface area contributed by atoms with E-state index in [0.29, 0.717) is 37.2 Å². The lowest BCUT2D eigenvalue weighted by Gasteiger charge is -2.34. The molecule has 1 fully saturated rings. The number of fused-ring (bicyclic) bond motifs is 1. The summed E-state index contributed by atoms with van der Waals surface area (Å²) < 4.78 is 27.4. The molecular formula is C18H21N5O3S. The molecule has 0 saturated carbocycles. The summed E-state index contributed by atoms with van der Waals surface area (Å²) in [4.78, 5) is 23.1. The normalized spacial score (nSPS) is 16.7. The third kappa shape index (κ3) is 3.80. The van der Waals surface area contributed by atoms with Crippen molar-refractivity contribution < 1.29 is 8.42 Å². The average Bonchev–Trinajstić information content (AvgIpc) is 3.06. The van der Waals surface area contributed by atoms with Crippen LogP contribution >= 0.6 is 0 Å². The first-order chi connectivity index (χ1) is 13.0. The van der Waals surface area contributed by atoms with Gasteiger partial charge in [0, 0.05) is 45.1 Å². The molecule has 1 aromatic carbocycles. The SMILES string of the molecule is O=c1[nH]c2ccc(S(=O)(=O)N3CCN(CCc4ccncc4)CC3)cc2[nH]1. The Labute approximate surface area is 156 Å². The van der Waals surface area contributed by atoms with Gasteiger partial charge < -0.3 is 14.9 Å². The first kappa shape index (κ1) is 17.9. The number of pyridine rings is 1. The number of benzene rings is 1. The highest BCUT2D eigenvalue weighted by molar-refractivity contribution is 7.89. The minimum Gasteiger partial charge on any atom is -0.306 e. The van der Waals surface area contributed by atoms with Crippen LogP contribution in [-0.4, -0.2) is 65.3 Å². The van der Waals surface area contributed by atoms with Crippen LogP contribution in [0.15, 0.2) is 52.4 Å². The Bertz CT molecular complexity index is 1080. The third-order valence-corrected chi connectivity index (χ3v) is 6.82. The second-order valence-electron chi connectivity index (χ2n) is 6.64. The minimum atomic E-state index is -3.57. The van der Waals surface area contributed by atoms with Crippen molar-refractivity contribution in [1.29, 1.82) is 0 Å². The summed E-state index contributed by atoms with van der Waals surface area (Å²) in [5.41, 5.74) is 1.98. The van der Waals surface area contributed by atoms with Gasteiger partial charge in [-0.3, -0.25) is 4.98 Å². The van der Waals surface area contributed by atoms with E-state index in [4.69, 9.17) is 0 Å². The average molecular weight is 387 g/mol. The highest BCUT2D eigenvalue weighted by Gasteiger charge is 2.28. The number of nitrogens with one attached hydrogen (secondary N) is 2. The summed E-state index contributed by atoms with van der Waals surface area (Å²) in [7, 11) is -3.57. The molecule has 1 aliphatic rings. The van der Waals surface area contributed by atoms with Gasteiger partial charge in [0.05, 0.1) is 15.9 Å². The van der Waals surface area contributed by atoms with E-state index in [1.54, 1.807) is 18.5 Å². The zero-order valence-electron chi connectivity index (χ0n) is 14.8. The maximum Gasteiger partial charge on any atom is 0.323 e. The number of sulfonamides is 1. The maximum absolute atomic E-state index is 12.9. The second kappa shape index (κ2) is 7.26. The number of aromatic amines is 2. The van der Waals surface area contributed by atoms with Crippen LogP contribution < -0.4 is 5.69 Å². The Morgan fingerprint density at radius 3 is 2.41 bits per heavy atom. The molecule has 0 spiro atoms. The molecule has 27 heavy (non-hydrogen) atoms. The van der Waals surface area contributed by atoms with Crippen LogP contribution in [0.1, 0.15) is 5.56 Å². The summed E-state index contributed by atoms with van der Waals surface area (Å²) in [5.74, 6) is 0. The third-order valence-electron chi connectivity index (χ3n) is 4.92. The van der Waals surface area contributed by atoms with Gasteiger partial charge in [0.25, 0.3) is 0 Å². The number of rotatable bonds is 5. The number of aromatic nitrogens is 3. The first-order valence-corrected chi connectivity index (χ1v) is 10.3. The predicted octanol–water partition coefficient (Wildman–Crippen LogP) is 0.800. The van der Waals surface area contributed by atoms with Crippen molar-refractivity contribution in [2.24, 2.45) is 0 Å². The lowest BCUT2D eigenvalue weighted by atomic mass is 10.2. The van der Waals surface area contributed by atoms with Gasteiger partial charge in [-0.25, -0.2) is 13.2 Å². The number of imidazole rings is 1. The van der Waals surface area contributed by atoms with Gasteiger partial charge in [0.1, 0.15) is 0 Å². The molecular weight excluding hydrogens is 366 g/mol. The molecule has 9 heteroatoms. The van der Waals surface area contributed by atoms with Crippen LogP contribution in [0.25, 0.3) is 11.0 Å². The molecule has 0 radical (unpaired) electrons. The van der Waals surface area contributed by atoms with Gasteiger partial charge >= 0.3 is 5.69 Å². The van der Waals surface area contributed by atoms with E-state index in [1.807, 2.05) is 12.1 Å². The van der Waals surface area contributed by atoms with E-state index in [0.717, 1.165) is 13.0 Å². The Kier molecular flexibility index (Phi) is 4.81. The van der Waals surface area contributed by atoms with E-state index in [-0.39, 0.29) is 10.6 Å². The quantitative estimate of drug-likeness (QED) is 0.674. The fraction of sp³-hybridized carbons (Fsp3) is 0.333. The molecule has 1 saturated heterocycles. The van der Waals surface area contributed by atoms with Crippen LogP contribution in [0.4, 0.5) is 0 Å². The van der Waals surface area contributed by atoms with Gasteiger partial charge in [0.2, 0.25) is 10.0 Å². The Morgan fingerprint density at radius 1 is 0.963 bits per heavy atom. The molecule has 1 aliphatic heterocycles. The van der Waals surface area contributed by atoms with Crippen LogP contribution in [0.2, 0.25) is 0 Å². The number of H-pyrrole nitrogens is 2. The molecule has 2 N–H and O–H groups in total. The van der Waals surface area contributed by atoms with E-state index < -0.39 is 10.0 Å². The monoisotopic (exact) mass is 387 g/mol. The molecule has 0 amide bonds. The fourth-order valence-electron chi connectivity index (χ4n) is 3.35. The van der Waals surface area contributed by atoms with Crippen molar-refractivity contribution in [2.45, 2.75) is 11.3 Å². The highest BCUT2D eigenvalue weighted by atomic mass is 32.2. The number of nitrogens with zero attached hydrogens (tertiary/aromatic N) is 3. The lowest BCUT2D eigenvalue weighted by Crippen LogP contribution is -2.48. The van der Waals surface area contributed by atoms with Crippen molar-refractivity contribution in [3.8, 4) is 0 Å². The van der Waals surface area contributed by atoms with E-state index in [1.165, 1.54) is 22.0 Å². The lowest BCUT2D eigenvalue weighted by molar-refractivity contribution is 0.190. The standard InChI is InChI=1S/C18H21N5O3S/c24-18-20-16-2-1-15(13-17(16)21-18)27(25,26)23-11-9-22(10-12-23)8-5-14-3-6-19-7-4-14/h1-4,6-7,13H,5,8-12H2,(H2,20,21,24). The molecule has 0 unspecified atom stereocenters. The summed E-state index contributed by atoms with van der Waals surface area (Å²) in [5, 5.41) is 0. The molecule has 0 aliphatic carbocycles. The molecule has 0 atom stereocenters. The van der Waals surface area contributed by atoms with Crippen molar-refractivity contribution in [3.63, 3.8) is 0 Å². The minimum absolute atomic E-state index is 0.204. The smallest absolute Gasteiger partial charge is 0.306 e. The Morgan fingerprint density at radius 2 is 1.67 bits per heavy atom. The predicted molar refractivity (Wildman–Crippen MR) is 102 cm³/mol. The molecule has 0 bridgehead atoms. The zero-order valence-corrected chi connectivity index (χ0v) is 15.6. The van der Waals surface area contributed by atoms with E-state index in [9.17, 15) is 13.2 Å². The van der Waals surface area contributed by atoms with E-state index in [2.05, 4.69) is 19.9 Å². The van der Waals surface area contributed by atoms with Gasteiger partial charge in [-0.1, -0.05) is 0 Å². The topological polar surface area (TPSA) is 102 Å².